The van der Waals surface area contributed by atoms with Crippen LogP contribution in [0.1, 0.15) is 35.2 Å². The fourth-order valence-corrected chi connectivity index (χ4v) is 1.67. The van der Waals surface area contributed by atoms with E-state index in [2.05, 4.69) is 9.72 Å². The maximum Gasteiger partial charge on any atom is 0.376 e. The van der Waals surface area contributed by atoms with E-state index in [1.54, 1.807) is 6.92 Å². The highest BCUT2D eigenvalue weighted by Crippen LogP contribution is 2.29. The molecule has 0 aliphatic rings. The van der Waals surface area contributed by atoms with E-state index in [1.807, 2.05) is 0 Å². The van der Waals surface area contributed by atoms with Crippen molar-refractivity contribution in [2.24, 2.45) is 0 Å². The van der Waals surface area contributed by atoms with Crippen molar-refractivity contribution < 1.29 is 27.1 Å². The molecule has 0 fully saturated rings. The number of alkyl halides is 2. The summed E-state index contributed by atoms with van der Waals surface area (Å²) in [6.45, 7) is 3.10. The van der Waals surface area contributed by atoms with Crippen LogP contribution >= 0.6 is 0 Å². The fraction of sp³-hybridized carbons (Fsp3) is 0.286. The molecule has 1 aromatic heterocycles. The molecule has 21 heavy (non-hydrogen) atoms. The molecule has 0 saturated carbocycles. The SMILES string of the molecule is CCOC(=O)c1oc(-c2ccc(C)c(F)c2)nc1C(F)F. The zero-order valence-corrected chi connectivity index (χ0v) is 11.3. The smallest absolute Gasteiger partial charge is 0.376 e. The molecule has 1 heterocycles. The van der Waals surface area contributed by atoms with Gasteiger partial charge in [0, 0.05) is 5.56 Å². The number of oxazole rings is 1. The number of aryl methyl sites for hydroxylation is 1. The normalized spacial score (nSPS) is 11.0. The summed E-state index contributed by atoms with van der Waals surface area (Å²) in [5.41, 5.74) is -0.259. The number of carbonyl (C=O) groups is 1. The van der Waals surface area contributed by atoms with E-state index in [-0.39, 0.29) is 18.1 Å². The Morgan fingerprint density at radius 3 is 2.71 bits per heavy atom. The van der Waals surface area contributed by atoms with Crippen LogP contribution in [0.2, 0.25) is 0 Å². The predicted molar refractivity (Wildman–Crippen MR) is 67.5 cm³/mol. The third kappa shape index (κ3) is 3.07. The highest BCUT2D eigenvalue weighted by Gasteiger charge is 2.28. The van der Waals surface area contributed by atoms with Crippen molar-refractivity contribution in [2.45, 2.75) is 20.3 Å². The number of hydrogen-bond donors (Lipinski definition) is 0. The number of rotatable bonds is 4. The van der Waals surface area contributed by atoms with Gasteiger partial charge in [-0.05, 0) is 31.5 Å². The van der Waals surface area contributed by atoms with Gasteiger partial charge < -0.3 is 9.15 Å². The van der Waals surface area contributed by atoms with Crippen LogP contribution in [0.4, 0.5) is 13.2 Å². The molecule has 0 unspecified atom stereocenters. The van der Waals surface area contributed by atoms with Gasteiger partial charge in [-0.25, -0.2) is 22.9 Å². The largest absolute Gasteiger partial charge is 0.460 e. The fourth-order valence-electron chi connectivity index (χ4n) is 1.67. The lowest BCUT2D eigenvalue weighted by atomic mass is 10.1. The molecule has 0 saturated heterocycles. The Hall–Kier alpha value is -2.31. The van der Waals surface area contributed by atoms with Gasteiger partial charge in [0.2, 0.25) is 11.7 Å². The monoisotopic (exact) mass is 299 g/mol. The summed E-state index contributed by atoms with van der Waals surface area (Å²) in [6, 6.07) is 4.03. The van der Waals surface area contributed by atoms with Crippen LogP contribution in [0.15, 0.2) is 22.6 Å². The molecule has 0 aliphatic carbocycles. The summed E-state index contributed by atoms with van der Waals surface area (Å²) in [4.78, 5) is 15.1. The van der Waals surface area contributed by atoms with Crippen molar-refractivity contribution >= 4 is 5.97 Å². The quantitative estimate of drug-likeness (QED) is 0.803. The van der Waals surface area contributed by atoms with Crippen LogP contribution in [-0.4, -0.2) is 17.6 Å². The van der Waals surface area contributed by atoms with Crippen molar-refractivity contribution in [3.63, 3.8) is 0 Å². The summed E-state index contributed by atoms with van der Waals surface area (Å²) < 4.78 is 49.0. The third-order valence-corrected chi connectivity index (χ3v) is 2.74. The second kappa shape index (κ2) is 5.99. The lowest BCUT2D eigenvalue weighted by Gasteiger charge is -1.99. The average molecular weight is 299 g/mol. The number of benzene rings is 1. The van der Waals surface area contributed by atoms with Crippen molar-refractivity contribution in [3.05, 3.63) is 41.0 Å². The van der Waals surface area contributed by atoms with E-state index >= 15 is 0 Å². The van der Waals surface area contributed by atoms with E-state index in [9.17, 15) is 18.0 Å². The minimum absolute atomic E-state index is 0.0106. The summed E-state index contributed by atoms with van der Waals surface area (Å²) in [5, 5.41) is 0. The molecular formula is C14H12F3NO3. The molecule has 0 aliphatic heterocycles. The lowest BCUT2D eigenvalue weighted by molar-refractivity contribution is 0.0476. The highest BCUT2D eigenvalue weighted by molar-refractivity contribution is 5.88. The van der Waals surface area contributed by atoms with Gasteiger partial charge in [0.05, 0.1) is 6.61 Å². The number of carbonyl (C=O) groups excluding carboxylic acids is 1. The summed E-state index contributed by atoms with van der Waals surface area (Å²) >= 11 is 0. The Balaban J connectivity index is 2.48. The summed E-state index contributed by atoms with van der Waals surface area (Å²) in [7, 11) is 0. The van der Waals surface area contributed by atoms with Crippen LogP contribution < -0.4 is 0 Å². The molecule has 0 N–H and O–H groups in total. The van der Waals surface area contributed by atoms with Crippen LogP contribution in [-0.2, 0) is 4.74 Å². The molecule has 7 heteroatoms. The van der Waals surface area contributed by atoms with E-state index in [4.69, 9.17) is 4.42 Å². The van der Waals surface area contributed by atoms with Gasteiger partial charge >= 0.3 is 5.97 Å². The topological polar surface area (TPSA) is 52.3 Å². The Morgan fingerprint density at radius 2 is 2.14 bits per heavy atom. The van der Waals surface area contributed by atoms with Gasteiger partial charge in [0.25, 0.3) is 6.43 Å². The molecule has 112 valence electrons. The first-order chi connectivity index (χ1) is 9.93. The molecule has 2 aromatic rings. The molecule has 0 spiro atoms. The van der Waals surface area contributed by atoms with Crippen LogP contribution in [0, 0.1) is 12.7 Å². The Labute approximate surface area is 118 Å². The van der Waals surface area contributed by atoms with E-state index in [0.717, 1.165) is 6.07 Å². The average Bonchev–Trinajstić information content (AvgIpc) is 2.87. The van der Waals surface area contributed by atoms with Crippen LogP contribution in [0.3, 0.4) is 0 Å². The Bertz CT molecular complexity index is 667. The number of ether oxygens (including phenoxy) is 1. The minimum Gasteiger partial charge on any atom is -0.460 e. The highest BCUT2D eigenvalue weighted by atomic mass is 19.3. The molecule has 0 bridgehead atoms. The van der Waals surface area contributed by atoms with Gasteiger partial charge in [-0.1, -0.05) is 6.07 Å². The number of hydrogen-bond acceptors (Lipinski definition) is 4. The van der Waals surface area contributed by atoms with Gasteiger partial charge in [0.1, 0.15) is 5.82 Å². The second-order valence-electron chi connectivity index (χ2n) is 4.22. The van der Waals surface area contributed by atoms with Gasteiger partial charge in [-0.15, -0.1) is 0 Å². The van der Waals surface area contributed by atoms with Crippen LogP contribution in [0.25, 0.3) is 11.5 Å². The van der Waals surface area contributed by atoms with E-state index in [0.29, 0.717) is 5.56 Å². The molecule has 1 aromatic carbocycles. The first-order valence-corrected chi connectivity index (χ1v) is 6.16. The number of nitrogens with zero attached hydrogens (tertiary/aromatic N) is 1. The zero-order chi connectivity index (χ0) is 15.6. The Kier molecular flexibility index (Phi) is 4.30. The van der Waals surface area contributed by atoms with Crippen molar-refractivity contribution in [1.82, 2.24) is 4.98 Å². The summed E-state index contributed by atoms with van der Waals surface area (Å²) in [5.74, 6) is -2.48. The molecule has 0 radical (unpaired) electrons. The molecule has 2 rings (SSSR count). The molecule has 0 atom stereocenters. The minimum atomic E-state index is -3.00. The van der Waals surface area contributed by atoms with E-state index < -0.39 is 29.7 Å². The van der Waals surface area contributed by atoms with Gasteiger partial charge in [0.15, 0.2) is 5.69 Å². The zero-order valence-electron chi connectivity index (χ0n) is 11.3. The maximum atomic E-state index is 13.5. The van der Waals surface area contributed by atoms with E-state index in [1.165, 1.54) is 19.1 Å². The predicted octanol–water partition coefficient (Wildman–Crippen LogP) is 3.90. The van der Waals surface area contributed by atoms with Crippen molar-refractivity contribution in [3.8, 4) is 11.5 Å². The Morgan fingerprint density at radius 1 is 1.43 bits per heavy atom. The van der Waals surface area contributed by atoms with Crippen LogP contribution in [0.5, 0.6) is 0 Å². The van der Waals surface area contributed by atoms with Gasteiger partial charge in [-0.3, -0.25) is 0 Å². The number of halogens is 3. The standard InChI is InChI=1S/C14H12F3NO3/c1-3-20-14(19)11-10(12(16)17)18-13(21-11)8-5-4-7(2)9(15)6-8/h4-6,12H,3H2,1-2H3. The summed E-state index contributed by atoms with van der Waals surface area (Å²) in [6.07, 6.45) is -3.00. The number of esters is 1. The maximum absolute atomic E-state index is 13.5. The van der Waals surface area contributed by atoms with Crippen molar-refractivity contribution in [2.75, 3.05) is 6.61 Å². The molecule has 0 amide bonds. The second-order valence-corrected chi connectivity index (χ2v) is 4.22. The van der Waals surface area contributed by atoms with Crippen molar-refractivity contribution in [1.29, 1.82) is 0 Å². The first kappa shape index (κ1) is 15.1. The molecule has 4 nitrogen and oxygen atoms in total. The van der Waals surface area contributed by atoms with Gasteiger partial charge in [-0.2, -0.15) is 0 Å². The number of aromatic nitrogens is 1. The third-order valence-electron chi connectivity index (χ3n) is 2.74. The molecular weight excluding hydrogens is 287 g/mol. The lowest BCUT2D eigenvalue weighted by Crippen LogP contribution is -2.06. The first-order valence-electron chi connectivity index (χ1n) is 6.16.